The summed E-state index contributed by atoms with van der Waals surface area (Å²) in [5.41, 5.74) is 1.94. The molecule has 1 heterocycles. The van der Waals surface area contributed by atoms with Crippen LogP contribution in [0.1, 0.15) is 39.7 Å². The fraction of sp³-hybridized carbons (Fsp3) is 0.647. The van der Waals surface area contributed by atoms with E-state index in [4.69, 9.17) is 0 Å². The van der Waals surface area contributed by atoms with Crippen molar-refractivity contribution in [1.82, 2.24) is 5.32 Å². The molecule has 2 rings (SSSR count). The highest BCUT2D eigenvalue weighted by Gasteiger charge is 2.30. The summed E-state index contributed by atoms with van der Waals surface area (Å²) in [5.74, 6) is 0.749. The lowest BCUT2D eigenvalue weighted by Crippen LogP contribution is -2.33. The molecule has 1 aliphatic rings. The number of nitrogens with one attached hydrogen (secondary N) is 1. The van der Waals surface area contributed by atoms with Crippen molar-refractivity contribution in [3.8, 4) is 0 Å². The molecule has 0 bridgehead atoms. The van der Waals surface area contributed by atoms with E-state index in [9.17, 15) is 0 Å². The average Bonchev–Trinajstić information content (AvgIpc) is 2.75. The lowest BCUT2D eigenvalue weighted by Gasteiger charge is -2.32. The Morgan fingerprint density at radius 3 is 2.68 bits per heavy atom. The van der Waals surface area contributed by atoms with Gasteiger partial charge in [0.1, 0.15) is 0 Å². The molecule has 1 N–H and O–H groups in total. The van der Waals surface area contributed by atoms with E-state index in [0.717, 1.165) is 24.3 Å². The molecule has 0 fully saturated rings. The Hall–Kier alpha value is -0.470. The normalized spacial score (nSPS) is 20.3. The van der Waals surface area contributed by atoms with Gasteiger partial charge in [-0.1, -0.05) is 45.9 Å². The summed E-state index contributed by atoms with van der Waals surface area (Å²) in [7, 11) is 0. The predicted molar refractivity (Wildman–Crippen MR) is 85.9 cm³/mol. The number of hydrogen-bond acceptors (Lipinski definition) is 2. The second-order valence-electron chi connectivity index (χ2n) is 6.66. The molecule has 0 aromatic heterocycles. The SMILES string of the molecule is CCNCC(CC1Cc2ccccc2S1)C(C)(C)C. The number of thioether (sulfide) groups is 1. The smallest absolute Gasteiger partial charge is 0.0139 e. The average molecular weight is 277 g/mol. The van der Waals surface area contributed by atoms with Gasteiger partial charge in [0.05, 0.1) is 0 Å². The summed E-state index contributed by atoms with van der Waals surface area (Å²) < 4.78 is 0. The van der Waals surface area contributed by atoms with Crippen LogP contribution in [0.5, 0.6) is 0 Å². The maximum atomic E-state index is 3.54. The summed E-state index contributed by atoms with van der Waals surface area (Å²) in [4.78, 5) is 1.50. The monoisotopic (exact) mass is 277 g/mol. The van der Waals surface area contributed by atoms with E-state index < -0.39 is 0 Å². The largest absolute Gasteiger partial charge is 0.317 e. The van der Waals surface area contributed by atoms with Crippen LogP contribution in [0.3, 0.4) is 0 Å². The molecule has 0 aliphatic carbocycles. The molecule has 1 aromatic carbocycles. The zero-order chi connectivity index (χ0) is 13.9. The molecule has 2 atom stereocenters. The van der Waals surface area contributed by atoms with Crippen LogP contribution in [-0.2, 0) is 6.42 Å². The van der Waals surface area contributed by atoms with Gasteiger partial charge >= 0.3 is 0 Å². The Balaban J connectivity index is 1.96. The minimum Gasteiger partial charge on any atom is -0.317 e. The first-order valence-electron chi connectivity index (χ1n) is 7.46. The van der Waals surface area contributed by atoms with Crippen molar-refractivity contribution in [2.45, 2.75) is 50.7 Å². The third kappa shape index (κ3) is 4.00. The van der Waals surface area contributed by atoms with E-state index in [1.165, 1.54) is 17.7 Å². The standard InChI is InChI=1S/C17H27NS/c1-5-18-12-14(17(2,3)4)11-15-10-13-8-6-7-9-16(13)19-15/h6-9,14-15,18H,5,10-12H2,1-4H3. The number of benzene rings is 1. The van der Waals surface area contributed by atoms with Gasteiger partial charge in [0.25, 0.3) is 0 Å². The Bertz CT molecular complexity index is 383. The van der Waals surface area contributed by atoms with Crippen molar-refractivity contribution < 1.29 is 0 Å². The fourth-order valence-corrected chi connectivity index (χ4v) is 4.17. The Kier molecular flexibility index (Phi) is 4.97. The maximum Gasteiger partial charge on any atom is 0.0139 e. The summed E-state index contributed by atoms with van der Waals surface area (Å²) in [5, 5.41) is 4.30. The highest BCUT2D eigenvalue weighted by molar-refractivity contribution is 8.00. The molecule has 19 heavy (non-hydrogen) atoms. The second-order valence-corrected chi connectivity index (χ2v) is 8.00. The van der Waals surface area contributed by atoms with Crippen molar-refractivity contribution >= 4 is 11.8 Å². The van der Waals surface area contributed by atoms with Crippen LogP contribution >= 0.6 is 11.8 Å². The van der Waals surface area contributed by atoms with E-state index in [0.29, 0.717) is 5.41 Å². The molecular weight excluding hydrogens is 250 g/mol. The summed E-state index contributed by atoms with van der Waals surface area (Å²) in [6.07, 6.45) is 2.56. The number of rotatable bonds is 5. The van der Waals surface area contributed by atoms with E-state index in [2.05, 4.69) is 69.0 Å². The van der Waals surface area contributed by atoms with Crippen molar-refractivity contribution in [3.63, 3.8) is 0 Å². The zero-order valence-electron chi connectivity index (χ0n) is 12.7. The van der Waals surface area contributed by atoms with Gasteiger partial charge in [-0.3, -0.25) is 0 Å². The maximum absolute atomic E-state index is 3.54. The highest BCUT2D eigenvalue weighted by Crippen LogP contribution is 2.42. The molecule has 0 spiro atoms. The van der Waals surface area contributed by atoms with E-state index in [1.807, 2.05) is 0 Å². The summed E-state index contributed by atoms with van der Waals surface area (Å²) in [6.45, 7) is 11.5. The quantitative estimate of drug-likeness (QED) is 0.858. The Morgan fingerprint density at radius 2 is 2.05 bits per heavy atom. The van der Waals surface area contributed by atoms with Gasteiger partial charge in [0, 0.05) is 10.1 Å². The molecule has 0 radical (unpaired) electrons. The number of fused-ring (bicyclic) bond motifs is 1. The van der Waals surface area contributed by atoms with Crippen molar-refractivity contribution in [2.24, 2.45) is 11.3 Å². The fourth-order valence-electron chi connectivity index (χ4n) is 2.76. The summed E-state index contributed by atoms with van der Waals surface area (Å²) in [6, 6.07) is 8.89. The molecule has 0 amide bonds. The number of hydrogen-bond donors (Lipinski definition) is 1. The van der Waals surface area contributed by atoms with E-state index >= 15 is 0 Å². The summed E-state index contributed by atoms with van der Waals surface area (Å²) >= 11 is 2.09. The Morgan fingerprint density at radius 1 is 1.32 bits per heavy atom. The van der Waals surface area contributed by atoms with Gasteiger partial charge in [-0.05, 0) is 48.9 Å². The van der Waals surface area contributed by atoms with Crippen molar-refractivity contribution in [2.75, 3.05) is 13.1 Å². The van der Waals surface area contributed by atoms with E-state index in [-0.39, 0.29) is 0 Å². The van der Waals surface area contributed by atoms with Crippen LogP contribution in [-0.4, -0.2) is 18.3 Å². The molecule has 0 saturated heterocycles. The highest BCUT2D eigenvalue weighted by atomic mass is 32.2. The van der Waals surface area contributed by atoms with Crippen LogP contribution in [0.2, 0.25) is 0 Å². The molecule has 2 unspecified atom stereocenters. The molecule has 1 nitrogen and oxygen atoms in total. The van der Waals surface area contributed by atoms with Crippen molar-refractivity contribution in [3.05, 3.63) is 29.8 Å². The second kappa shape index (κ2) is 6.32. The van der Waals surface area contributed by atoms with Crippen LogP contribution in [0.15, 0.2) is 29.2 Å². The lowest BCUT2D eigenvalue weighted by atomic mass is 9.77. The van der Waals surface area contributed by atoms with Gasteiger partial charge in [0.2, 0.25) is 0 Å². The molecular formula is C17H27NS. The Labute approximate surface area is 122 Å². The molecule has 2 heteroatoms. The minimum absolute atomic E-state index is 0.386. The lowest BCUT2D eigenvalue weighted by molar-refractivity contribution is 0.218. The van der Waals surface area contributed by atoms with Crippen LogP contribution in [0.4, 0.5) is 0 Å². The first-order chi connectivity index (χ1) is 9.00. The van der Waals surface area contributed by atoms with E-state index in [1.54, 1.807) is 5.56 Å². The molecule has 1 aromatic rings. The molecule has 0 saturated carbocycles. The molecule has 1 aliphatic heterocycles. The van der Waals surface area contributed by atoms with Gasteiger partial charge in [-0.25, -0.2) is 0 Å². The zero-order valence-corrected chi connectivity index (χ0v) is 13.5. The first kappa shape index (κ1) is 14.9. The van der Waals surface area contributed by atoms with Crippen LogP contribution in [0.25, 0.3) is 0 Å². The topological polar surface area (TPSA) is 12.0 Å². The first-order valence-corrected chi connectivity index (χ1v) is 8.34. The third-order valence-electron chi connectivity index (χ3n) is 4.13. The predicted octanol–water partition coefficient (Wildman–Crippen LogP) is 4.37. The van der Waals surface area contributed by atoms with Crippen LogP contribution < -0.4 is 5.32 Å². The van der Waals surface area contributed by atoms with Crippen LogP contribution in [0, 0.1) is 11.3 Å². The molecule has 106 valence electrons. The van der Waals surface area contributed by atoms with Gasteiger partial charge in [0.15, 0.2) is 0 Å². The van der Waals surface area contributed by atoms with Gasteiger partial charge in [-0.15, -0.1) is 11.8 Å². The van der Waals surface area contributed by atoms with Gasteiger partial charge in [-0.2, -0.15) is 0 Å². The third-order valence-corrected chi connectivity index (χ3v) is 5.47. The minimum atomic E-state index is 0.386. The van der Waals surface area contributed by atoms with Crippen molar-refractivity contribution in [1.29, 1.82) is 0 Å². The van der Waals surface area contributed by atoms with Gasteiger partial charge < -0.3 is 5.32 Å².